The van der Waals surface area contributed by atoms with Crippen LogP contribution in [0.25, 0.3) is 0 Å². The average molecular weight is 220 g/mol. The highest BCUT2D eigenvalue weighted by molar-refractivity contribution is 7.98. The maximum absolute atomic E-state index is 8.91. The summed E-state index contributed by atoms with van der Waals surface area (Å²) in [6, 6.07) is 10.2. The van der Waals surface area contributed by atoms with Crippen LogP contribution in [-0.4, -0.2) is 18.1 Å². The van der Waals surface area contributed by atoms with Crippen molar-refractivity contribution in [1.82, 2.24) is 0 Å². The summed E-state index contributed by atoms with van der Waals surface area (Å²) in [5.74, 6) is 1.14. The number of hydrogen-bond donors (Lipinski definition) is 1. The molecule has 0 radical (unpaired) electrons. The Morgan fingerprint density at radius 2 is 2.20 bits per heavy atom. The number of nitriles is 1. The van der Waals surface area contributed by atoms with Crippen LogP contribution in [-0.2, 0) is 0 Å². The van der Waals surface area contributed by atoms with Crippen LogP contribution >= 0.6 is 11.8 Å². The molecule has 1 N–H and O–H groups in total. The number of nitrogens with one attached hydrogen (secondary N) is 1. The second-order valence-electron chi connectivity index (χ2n) is 3.48. The normalized spacial score (nSPS) is 11.8. The minimum atomic E-state index is 0.409. The van der Waals surface area contributed by atoms with Crippen LogP contribution in [0.1, 0.15) is 18.9 Å². The van der Waals surface area contributed by atoms with Crippen molar-refractivity contribution in [3.05, 3.63) is 29.8 Å². The molecule has 0 heterocycles. The molecule has 0 aliphatic rings. The number of anilines is 1. The van der Waals surface area contributed by atoms with Crippen molar-refractivity contribution in [3.63, 3.8) is 0 Å². The summed E-state index contributed by atoms with van der Waals surface area (Å²) in [7, 11) is 0. The second kappa shape index (κ2) is 6.36. The average Bonchev–Trinajstić information content (AvgIpc) is 2.27. The number of benzene rings is 1. The van der Waals surface area contributed by atoms with Gasteiger partial charge in [0.15, 0.2) is 0 Å². The molecule has 0 aliphatic carbocycles. The first-order valence-electron chi connectivity index (χ1n) is 5.02. The van der Waals surface area contributed by atoms with Crippen LogP contribution in [0.3, 0.4) is 0 Å². The summed E-state index contributed by atoms with van der Waals surface area (Å²) >= 11 is 1.85. The summed E-state index contributed by atoms with van der Waals surface area (Å²) in [6.07, 6.45) is 3.22. The molecule has 1 unspecified atom stereocenters. The monoisotopic (exact) mass is 220 g/mol. The van der Waals surface area contributed by atoms with Crippen LogP contribution in [0, 0.1) is 11.3 Å². The van der Waals surface area contributed by atoms with Crippen LogP contribution in [0.5, 0.6) is 0 Å². The fourth-order valence-electron chi connectivity index (χ4n) is 1.34. The Kier molecular flexibility index (Phi) is 5.06. The first-order chi connectivity index (χ1) is 7.27. The third kappa shape index (κ3) is 3.85. The van der Waals surface area contributed by atoms with E-state index in [4.69, 9.17) is 5.26 Å². The van der Waals surface area contributed by atoms with Crippen LogP contribution in [0.2, 0.25) is 0 Å². The van der Waals surface area contributed by atoms with E-state index in [1.165, 1.54) is 0 Å². The highest BCUT2D eigenvalue weighted by Gasteiger charge is 2.04. The van der Waals surface area contributed by atoms with Gasteiger partial charge in [-0.1, -0.05) is 12.1 Å². The highest BCUT2D eigenvalue weighted by Crippen LogP contribution is 2.16. The first-order valence-corrected chi connectivity index (χ1v) is 6.42. The molecular formula is C12H16N2S. The van der Waals surface area contributed by atoms with Gasteiger partial charge in [0.2, 0.25) is 0 Å². The fourth-order valence-corrected chi connectivity index (χ4v) is 1.93. The molecule has 15 heavy (non-hydrogen) atoms. The maximum Gasteiger partial charge on any atom is 0.101 e. The van der Waals surface area contributed by atoms with Crippen molar-refractivity contribution < 1.29 is 0 Å². The molecule has 0 amide bonds. The molecule has 2 nitrogen and oxygen atoms in total. The number of hydrogen-bond acceptors (Lipinski definition) is 3. The van der Waals surface area contributed by atoms with E-state index in [0.29, 0.717) is 11.6 Å². The smallest absolute Gasteiger partial charge is 0.101 e. The Morgan fingerprint density at radius 1 is 1.47 bits per heavy atom. The van der Waals surface area contributed by atoms with Crippen LogP contribution in [0.4, 0.5) is 5.69 Å². The van der Waals surface area contributed by atoms with Gasteiger partial charge in [0.25, 0.3) is 0 Å². The summed E-state index contributed by atoms with van der Waals surface area (Å²) < 4.78 is 0. The van der Waals surface area contributed by atoms with Crippen LogP contribution < -0.4 is 5.32 Å². The lowest BCUT2D eigenvalue weighted by molar-refractivity contribution is 0.772. The Labute approximate surface area is 95.7 Å². The highest BCUT2D eigenvalue weighted by atomic mass is 32.2. The van der Waals surface area contributed by atoms with Gasteiger partial charge in [-0.05, 0) is 37.5 Å². The Bertz CT molecular complexity index is 344. The molecule has 0 bridgehead atoms. The number of para-hydroxylation sites is 1. The molecule has 1 aromatic carbocycles. The Balaban J connectivity index is 2.60. The summed E-state index contributed by atoms with van der Waals surface area (Å²) in [4.78, 5) is 0. The van der Waals surface area contributed by atoms with Crippen molar-refractivity contribution >= 4 is 17.4 Å². The molecule has 0 saturated heterocycles. The lowest BCUT2D eigenvalue weighted by Gasteiger charge is -2.15. The Hall–Kier alpha value is -1.14. The molecule has 1 rings (SSSR count). The minimum absolute atomic E-state index is 0.409. The largest absolute Gasteiger partial charge is 0.381 e. The predicted molar refractivity (Wildman–Crippen MR) is 67.2 cm³/mol. The second-order valence-corrected chi connectivity index (χ2v) is 4.47. The van der Waals surface area contributed by atoms with E-state index in [1.807, 2.05) is 36.0 Å². The topological polar surface area (TPSA) is 35.8 Å². The van der Waals surface area contributed by atoms with Gasteiger partial charge in [0.05, 0.1) is 11.3 Å². The van der Waals surface area contributed by atoms with E-state index in [1.54, 1.807) is 0 Å². The van der Waals surface area contributed by atoms with Crippen molar-refractivity contribution in [1.29, 1.82) is 5.26 Å². The lowest BCUT2D eigenvalue weighted by atomic mass is 10.1. The molecule has 0 saturated carbocycles. The third-order valence-corrected chi connectivity index (χ3v) is 2.85. The quantitative estimate of drug-likeness (QED) is 0.828. The molecule has 3 heteroatoms. The molecule has 0 aromatic heterocycles. The zero-order valence-electron chi connectivity index (χ0n) is 9.16. The van der Waals surface area contributed by atoms with Gasteiger partial charge < -0.3 is 5.32 Å². The van der Waals surface area contributed by atoms with Gasteiger partial charge in [-0.25, -0.2) is 0 Å². The van der Waals surface area contributed by atoms with Crippen molar-refractivity contribution in [2.75, 3.05) is 17.3 Å². The van der Waals surface area contributed by atoms with Gasteiger partial charge in [0.1, 0.15) is 6.07 Å². The summed E-state index contributed by atoms with van der Waals surface area (Å²) in [6.45, 7) is 2.14. The predicted octanol–water partition coefficient (Wildman–Crippen LogP) is 3.11. The number of thioether (sulfide) groups is 1. The van der Waals surface area contributed by atoms with E-state index in [2.05, 4.69) is 24.6 Å². The molecule has 80 valence electrons. The van der Waals surface area contributed by atoms with E-state index in [-0.39, 0.29) is 0 Å². The van der Waals surface area contributed by atoms with E-state index >= 15 is 0 Å². The Morgan fingerprint density at radius 3 is 2.87 bits per heavy atom. The number of nitrogens with zero attached hydrogens (tertiary/aromatic N) is 1. The molecule has 1 aromatic rings. The summed E-state index contributed by atoms with van der Waals surface area (Å²) in [5, 5.41) is 12.3. The van der Waals surface area contributed by atoms with E-state index < -0.39 is 0 Å². The molecule has 1 atom stereocenters. The van der Waals surface area contributed by atoms with Crippen LogP contribution in [0.15, 0.2) is 24.3 Å². The van der Waals surface area contributed by atoms with Gasteiger partial charge in [-0.15, -0.1) is 0 Å². The lowest BCUT2D eigenvalue weighted by Crippen LogP contribution is -2.16. The van der Waals surface area contributed by atoms with Crippen molar-refractivity contribution in [3.8, 4) is 6.07 Å². The molecule has 0 fully saturated rings. The van der Waals surface area contributed by atoms with Crippen molar-refractivity contribution in [2.45, 2.75) is 19.4 Å². The minimum Gasteiger partial charge on any atom is -0.381 e. The fraction of sp³-hybridized carbons (Fsp3) is 0.417. The zero-order valence-corrected chi connectivity index (χ0v) is 9.97. The molecule has 0 spiro atoms. The van der Waals surface area contributed by atoms with E-state index in [9.17, 15) is 0 Å². The molecular weight excluding hydrogens is 204 g/mol. The van der Waals surface area contributed by atoms with Gasteiger partial charge in [-0.2, -0.15) is 17.0 Å². The zero-order chi connectivity index (χ0) is 11.1. The molecule has 0 aliphatic heterocycles. The first kappa shape index (κ1) is 11.9. The van der Waals surface area contributed by atoms with Gasteiger partial charge in [-0.3, -0.25) is 0 Å². The van der Waals surface area contributed by atoms with Gasteiger partial charge in [0, 0.05) is 6.04 Å². The standard InChI is InChI=1S/C12H16N2S/c1-10(7-8-15-2)14-12-6-4-3-5-11(12)9-13/h3-6,10,14H,7-8H2,1-2H3. The van der Waals surface area contributed by atoms with Gasteiger partial charge >= 0.3 is 0 Å². The SMILES string of the molecule is CSCCC(C)Nc1ccccc1C#N. The summed E-state index contributed by atoms with van der Waals surface area (Å²) in [5.41, 5.74) is 1.65. The maximum atomic E-state index is 8.91. The third-order valence-electron chi connectivity index (χ3n) is 2.20. The number of rotatable bonds is 5. The van der Waals surface area contributed by atoms with E-state index in [0.717, 1.165) is 17.9 Å². The van der Waals surface area contributed by atoms with Crippen molar-refractivity contribution in [2.24, 2.45) is 0 Å².